The molecule has 1 fully saturated rings. The highest BCUT2D eigenvalue weighted by Gasteiger charge is 2.23. The van der Waals surface area contributed by atoms with Crippen molar-refractivity contribution in [3.63, 3.8) is 0 Å². The molecular weight excluding hydrogens is 252 g/mol. The van der Waals surface area contributed by atoms with Crippen LogP contribution in [-0.4, -0.2) is 28.7 Å². The lowest BCUT2D eigenvalue weighted by Crippen LogP contribution is -2.36. The van der Waals surface area contributed by atoms with Crippen molar-refractivity contribution in [3.05, 3.63) is 17.0 Å². The van der Waals surface area contributed by atoms with Crippen molar-refractivity contribution >= 4 is 5.91 Å². The van der Waals surface area contributed by atoms with E-state index in [1.807, 2.05) is 0 Å². The van der Waals surface area contributed by atoms with E-state index in [0.717, 1.165) is 43.6 Å². The van der Waals surface area contributed by atoms with E-state index in [9.17, 15) is 4.79 Å². The van der Waals surface area contributed by atoms with Gasteiger partial charge in [0.25, 0.3) is 5.91 Å². The smallest absolute Gasteiger partial charge is 0.272 e. The Kier molecular flexibility index (Phi) is 4.35. The van der Waals surface area contributed by atoms with Gasteiger partial charge in [-0.25, -0.2) is 0 Å². The molecule has 1 aromatic heterocycles. The topological polar surface area (TPSA) is 69.8 Å². The highest BCUT2D eigenvalue weighted by atomic mass is 16.2. The van der Waals surface area contributed by atoms with Crippen molar-refractivity contribution in [2.24, 2.45) is 0 Å². The molecule has 0 unspecified atom stereocenters. The molecule has 1 saturated carbocycles. The number of fused-ring (bicyclic) bond motifs is 1. The van der Waals surface area contributed by atoms with Crippen LogP contribution < -0.4 is 10.6 Å². The first-order chi connectivity index (χ1) is 9.84. The van der Waals surface area contributed by atoms with Gasteiger partial charge in [-0.05, 0) is 12.8 Å². The van der Waals surface area contributed by atoms with E-state index in [1.165, 1.54) is 32.1 Å². The van der Waals surface area contributed by atoms with Crippen LogP contribution >= 0.6 is 0 Å². The number of nitrogens with zero attached hydrogens (tertiary/aromatic N) is 1. The highest BCUT2D eigenvalue weighted by Crippen LogP contribution is 2.19. The second-order valence-electron chi connectivity index (χ2n) is 5.97. The number of hydrogen-bond acceptors (Lipinski definition) is 3. The molecule has 5 nitrogen and oxygen atoms in total. The number of aromatic nitrogens is 2. The van der Waals surface area contributed by atoms with E-state index in [-0.39, 0.29) is 5.91 Å². The van der Waals surface area contributed by atoms with Gasteiger partial charge in [-0.15, -0.1) is 0 Å². The summed E-state index contributed by atoms with van der Waals surface area (Å²) in [5.74, 6) is -0.00299. The predicted molar refractivity (Wildman–Crippen MR) is 77.6 cm³/mol. The standard InChI is InChI=1S/C15H24N4O/c20-15(17-11-6-4-2-1-3-5-7-11)14-12-10-16-9-8-13(12)18-19-14/h11,16H,1-10H2,(H,17,20)(H,18,19). The largest absolute Gasteiger partial charge is 0.348 e. The summed E-state index contributed by atoms with van der Waals surface area (Å²) in [6, 6.07) is 0.326. The molecule has 5 heteroatoms. The molecular formula is C15H24N4O. The monoisotopic (exact) mass is 276 g/mol. The Bertz CT molecular complexity index is 460. The first kappa shape index (κ1) is 13.6. The maximum Gasteiger partial charge on any atom is 0.272 e. The Balaban J connectivity index is 1.64. The zero-order valence-corrected chi connectivity index (χ0v) is 12.0. The number of rotatable bonds is 2. The van der Waals surface area contributed by atoms with Crippen LogP contribution in [0.3, 0.4) is 0 Å². The van der Waals surface area contributed by atoms with Gasteiger partial charge in [0.2, 0.25) is 0 Å². The summed E-state index contributed by atoms with van der Waals surface area (Å²) < 4.78 is 0. The summed E-state index contributed by atoms with van der Waals surface area (Å²) in [6.07, 6.45) is 9.55. The van der Waals surface area contributed by atoms with Gasteiger partial charge < -0.3 is 10.6 Å². The van der Waals surface area contributed by atoms with Crippen LogP contribution in [0.4, 0.5) is 0 Å². The molecule has 2 aliphatic rings. The summed E-state index contributed by atoms with van der Waals surface area (Å²) in [5.41, 5.74) is 2.76. The first-order valence-electron chi connectivity index (χ1n) is 7.92. The fourth-order valence-corrected chi connectivity index (χ4v) is 3.27. The fourth-order valence-electron chi connectivity index (χ4n) is 3.27. The van der Waals surface area contributed by atoms with Crippen LogP contribution in [0.5, 0.6) is 0 Å². The number of carbonyl (C=O) groups is 1. The van der Waals surface area contributed by atoms with Crippen LogP contribution in [0.25, 0.3) is 0 Å². The molecule has 0 radical (unpaired) electrons. The van der Waals surface area contributed by atoms with Crippen LogP contribution in [0.2, 0.25) is 0 Å². The van der Waals surface area contributed by atoms with Gasteiger partial charge in [-0.1, -0.05) is 32.1 Å². The van der Waals surface area contributed by atoms with Crippen molar-refractivity contribution in [3.8, 4) is 0 Å². The highest BCUT2D eigenvalue weighted by molar-refractivity contribution is 5.94. The van der Waals surface area contributed by atoms with E-state index in [2.05, 4.69) is 20.8 Å². The molecule has 2 heterocycles. The Morgan fingerprint density at radius 1 is 1.15 bits per heavy atom. The third kappa shape index (κ3) is 3.03. The fraction of sp³-hybridized carbons (Fsp3) is 0.733. The number of aromatic amines is 1. The van der Waals surface area contributed by atoms with Crippen LogP contribution in [0, 0.1) is 0 Å². The lowest BCUT2D eigenvalue weighted by molar-refractivity contribution is 0.0924. The van der Waals surface area contributed by atoms with Crippen molar-refractivity contribution in [2.75, 3.05) is 6.54 Å². The van der Waals surface area contributed by atoms with Gasteiger partial charge in [0.15, 0.2) is 5.69 Å². The molecule has 110 valence electrons. The lowest BCUT2D eigenvalue weighted by atomic mass is 9.96. The van der Waals surface area contributed by atoms with Crippen molar-refractivity contribution in [1.82, 2.24) is 20.8 Å². The lowest BCUT2D eigenvalue weighted by Gasteiger charge is -2.21. The van der Waals surface area contributed by atoms with Crippen molar-refractivity contribution in [1.29, 1.82) is 0 Å². The third-order valence-corrected chi connectivity index (χ3v) is 4.46. The average molecular weight is 276 g/mol. The molecule has 3 rings (SSSR count). The van der Waals surface area contributed by atoms with Crippen LogP contribution in [0.1, 0.15) is 66.7 Å². The zero-order chi connectivity index (χ0) is 13.8. The van der Waals surface area contributed by atoms with Crippen molar-refractivity contribution in [2.45, 2.75) is 64.0 Å². The number of nitrogens with one attached hydrogen (secondary N) is 3. The molecule has 0 aromatic carbocycles. The number of H-pyrrole nitrogens is 1. The van der Waals surface area contributed by atoms with Gasteiger partial charge >= 0.3 is 0 Å². The van der Waals surface area contributed by atoms with Crippen LogP contribution in [0.15, 0.2) is 0 Å². The molecule has 3 N–H and O–H groups in total. The predicted octanol–water partition coefficient (Wildman–Crippen LogP) is 1.90. The molecule has 1 aromatic rings. The molecule has 1 aliphatic carbocycles. The minimum absolute atomic E-state index is 0.00299. The average Bonchev–Trinajstić information content (AvgIpc) is 2.85. The van der Waals surface area contributed by atoms with Gasteiger partial charge in [0.1, 0.15) is 0 Å². The number of hydrogen-bond donors (Lipinski definition) is 3. The maximum absolute atomic E-state index is 12.4. The first-order valence-corrected chi connectivity index (χ1v) is 7.92. The van der Waals surface area contributed by atoms with Crippen LogP contribution in [-0.2, 0) is 13.0 Å². The Labute approximate surface area is 119 Å². The minimum Gasteiger partial charge on any atom is -0.348 e. The maximum atomic E-state index is 12.4. The van der Waals surface area contributed by atoms with Crippen molar-refractivity contribution < 1.29 is 4.79 Å². The summed E-state index contributed by atoms with van der Waals surface area (Å²) in [7, 11) is 0. The number of amides is 1. The molecule has 0 saturated heterocycles. The van der Waals surface area contributed by atoms with E-state index < -0.39 is 0 Å². The van der Waals surface area contributed by atoms with Gasteiger partial charge in [0, 0.05) is 36.8 Å². The van der Waals surface area contributed by atoms with E-state index in [0.29, 0.717) is 11.7 Å². The molecule has 20 heavy (non-hydrogen) atoms. The van der Waals surface area contributed by atoms with E-state index in [4.69, 9.17) is 0 Å². The quantitative estimate of drug-likeness (QED) is 0.772. The molecule has 0 atom stereocenters. The Morgan fingerprint density at radius 2 is 1.90 bits per heavy atom. The molecule has 0 bridgehead atoms. The Morgan fingerprint density at radius 3 is 2.70 bits per heavy atom. The second-order valence-corrected chi connectivity index (χ2v) is 5.97. The summed E-state index contributed by atoms with van der Waals surface area (Å²) >= 11 is 0. The molecule has 0 spiro atoms. The summed E-state index contributed by atoms with van der Waals surface area (Å²) in [6.45, 7) is 1.71. The Hall–Kier alpha value is -1.36. The molecule has 1 amide bonds. The van der Waals surface area contributed by atoms with Gasteiger partial charge in [0.05, 0.1) is 0 Å². The normalized spacial score (nSPS) is 20.8. The molecule has 1 aliphatic heterocycles. The van der Waals surface area contributed by atoms with Gasteiger partial charge in [-0.3, -0.25) is 9.89 Å². The van der Waals surface area contributed by atoms with Gasteiger partial charge in [-0.2, -0.15) is 5.10 Å². The van der Waals surface area contributed by atoms with E-state index in [1.54, 1.807) is 0 Å². The number of carbonyl (C=O) groups excluding carboxylic acids is 1. The third-order valence-electron chi connectivity index (χ3n) is 4.46. The zero-order valence-electron chi connectivity index (χ0n) is 12.0. The summed E-state index contributed by atoms with van der Waals surface area (Å²) in [4.78, 5) is 12.4. The minimum atomic E-state index is -0.00299. The summed E-state index contributed by atoms with van der Waals surface area (Å²) in [5, 5.41) is 13.7. The SMILES string of the molecule is O=C(NC1CCCCCCC1)c1n[nH]c2c1CNCC2. The second kappa shape index (κ2) is 6.39. The van der Waals surface area contributed by atoms with E-state index >= 15 is 0 Å².